The van der Waals surface area contributed by atoms with E-state index in [4.69, 9.17) is 9.84 Å². The van der Waals surface area contributed by atoms with E-state index in [1.165, 1.54) is 12.1 Å². The second-order valence-electron chi connectivity index (χ2n) is 4.41. The number of piperidine rings is 1. The molecule has 98 valence electrons. The number of carboxylic acids is 1. The smallest absolute Gasteiger partial charge is 0.335 e. The molecule has 1 fully saturated rings. The Morgan fingerprint density at radius 3 is 2.94 bits per heavy atom. The van der Waals surface area contributed by atoms with E-state index in [0.717, 1.165) is 31.9 Å². The quantitative estimate of drug-likeness (QED) is 0.862. The van der Waals surface area contributed by atoms with Crippen molar-refractivity contribution in [3.05, 3.63) is 29.6 Å². The molecule has 18 heavy (non-hydrogen) atoms. The monoisotopic (exact) mass is 253 g/mol. The Morgan fingerprint density at radius 1 is 1.50 bits per heavy atom. The van der Waals surface area contributed by atoms with Crippen LogP contribution in [0.5, 0.6) is 5.75 Å². The minimum Gasteiger partial charge on any atom is -0.489 e. The minimum absolute atomic E-state index is 0.0735. The molecule has 4 nitrogen and oxygen atoms in total. The van der Waals surface area contributed by atoms with E-state index in [0.29, 0.717) is 6.61 Å². The van der Waals surface area contributed by atoms with Crippen LogP contribution in [0, 0.1) is 5.82 Å². The van der Waals surface area contributed by atoms with Gasteiger partial charge in [-0.3, -0.25) is 0 Å². The van der Waals surface area contributed by atoms with Gasteiger partial charge in [0.2, 0.25) is 0 Å². The predicted octanol–water partition coefficient (Wildman–Crippen LogP) is 2.04. The molecule has 1 atom stereocenters. The third-order valence-electron chi connectivity index (χ3n) is 3.03. The molecule has 5 heteroatoms. The van der Waals surface area contributed by atoms with E-state index in [1.807, 2.05) is 0 Å². The lowest BCUT2D eigenvalue weighted by molar-refractivity contribution is 0.0696. The van der Waals surface area contributed by atoms with E-state index in [-0.39, 0.29) is 17.4 Å². The standard InChI is InChI=1S/C13H16FNO3/c14-11-7-9(13(16)17)4-5-12(11)18-8-10-3-1-2-6-15-10/h4-5,7,10,15H,1-3,6,8H2,(H,16,17). The third kappa shape index (κ3) is 3.20. The van der Waals surface area contributed by atoms with E-state index < -0.39 is 11.8 Å². The molecule has 1 unspecified atom stereocenters. The molecule has 0 bridgehead atoms. The number of rotatable bonds is 4. The summed E-state index contributed by atoms with van der Waals surface area (Å²) in [6.07, 6.45) is 3.34. The lowest BCUT2D eigenvalue weighted by Gasteiger charge is -2.23. The molecule has 0 radical (unpaired) electrons. The molecule has 0 aliphatic carbocycles. The van der Waals surface area contributed by atoms with Crippen molar-refractivity contribution < 1.29 is 19.0 Å². The molecular weight excluding hydrogens is 237 g/mol. The van der Waals surface area contributed by atoms with Crippen LogP contribution in [-0.4, -0.2) is 30.3 Å². The van der Waals surface area contributed by atoms with Gasteiger partial charge in [0.25, 0.3) is 0 Å². The highest BCUT2D eigenvalue weighted by Crippen LogP contribution is 2.19. The molecule has 0 amide bonds. The van der Waals surface area contributed by atoms with Gasteiger partial charge in [0.1, 0.15) is 6.61 Å². The first-order valence-corrected chi connectivity index (χ1v) is 6.06. The molecule has 1 aromatic rings. The summed E-state index contributed by atoms with van der Waals surface area (Å²) < 4.78 is 18.9. The van der Waals surface area contributed by atoms with Crippen LogP contribution in [0.15, 0.2) is 18.2 Å². The zero-order chi connectivity index (χ0) is 13.0. The van der Waals surface area contributed by atoms with Crippen molar-refractivity contribution in [2.75, 3.05) is 13.2 Å². The number of carbonyl (C=O) groups is 1. The zero-order valence-corrected chi connectivity index (χ0v) is 9.99. The van der Waals surface area contributed by atoms with E-state index >= 15 is 0 Å². The van der Waals surface area contributed by atoms with Crippen LogP contribution >= 0.6 is 0 Å². The van der Waals surface area contributed by atoms with Crippen LogP contribution in [0.2, 0.25) is 0 Å². The fourth-order valence-electron chi connectivity index (χ4n) is 2.01. The molecule has 0 spiro atoms. The number of carboxylic acid groups (broad SMARTS) is 1. The van der Waals surface area contributed by atoms with Crippen molar-refractivity contribution in [2.45, 2.75) is 25.3 Å². The molecule has 1 heterocycles. The highest BCUT2D eigenvalue weighted by Gasteiger charge is 2.15. The maximum absolute atomic E-state index is 13.6. The maximum atomic E-state index is 13.6. The third-order valence-corrected chi connectivity index (χ3v) is 3.03. The van der Waals surface area contributed by atoms with Crippen LogP contribution < -0.4 is 10.1 Å². The molecule has 1 aromatic carbocycles. The molecule has 2 N–H and O–H groups in total. The summed E-state index contributed by atoms with van der Waals surface area (Å²) in [6.45, 7) is 1.37. The largest absolute Gasteiger partial charge is 0.489 e. The van der Waals surface area contributed by atoms with Gasteiger partial charge in [-0.05, 0) is 37.6 Å². The lowest BCUT2D eigenvalue weighted by Crippen LogP contribution is -2.38. The lowest BCUT2D eigenvalue weighted by atomic mass is 10.1. The summed E-state index contributed by atoms with van der Waals surface area (Å²) in [5.74, 6) is -1.67. The summed E-state index contributed by atoms with van der Waals surface area (Å²) in [4.78, 5) is 10.7. The van der Waals surface area contributed by atoms with Crippen molar-refractivity contribution >= 4 is 5.97 Å². The topological polar surface area (TPSA) is 58.6 Å². The molecular formula is C13H16FNO3. The summed E-state index contributed by atoms with van der Waals surface area (Å²) in [5.41, 5.74) is -0.0735. The van der Waals surface area contributed by atoms with Crippen LogP contribution in [0.25, 0.3) is 0 Å². The fourth-order valence-corrected chi connectivity index (χ4v) is 2.01. The number of ether oxygens (including phenoxy) is 1. The summed E-state index contributed by atoms with van der Waals surface area (Å²) >= 11 is 0. The highest BCUT2D eigenvalue weighted by molar-refractivity contribution is 5.87. The van der Waals surface area contributed by atoms with Crippen molar-refractivity contribution in [1.29, 1.82) is 0 Å². The van der Waals surface area contributed by atoms with Crippen molar-refractivity contribution in [3.63, 3.8) is 0 Å². The van der Waals surface area contributed by atoms with E-state index in [2.05, 4.69) is 5.32 Å². The maximum Gasteiger partial charge on any atom is 0.335 e. The number of hydrogen-bond acceptors (Lipinski definition) is 3. The molecule has 1 aliphatic rings. The first-order valence-electron chi connectivity index (χ1n) is 6.06. The van der Waals surface area contributed by atoms with Gasteiger partial charge in [-0.25, -0.2) is 9.18 Å². The van der Waals surface area contributed by atoms with Crippen molar-refractivity contribution in [2.24, 2.45) is 0 Å². The van der Waals surface area contributed by atoms with Gasteiger partial charge in [-0.2, -0.15) is 0 Å². The Balaban J connectivity index is 1.94. The molecule has 0 aromatic heterocycles. The first kappa shape index (κ1) is 12.8. The SMILES string of the molecule is O=C(O)c1ccc(OCC2CCCCN2)c(F)c1. The van der Waals surface area contributed by atoms with Gasteiger partial charge in [-0.1, -0.05) is 6.42 Å². The average Bonchev–Trinajstić information content (AvgIpc) is 2.38. The van der Waals surface area contributed by atoms with Gasteiger partial charge in [0.05, 0.1) is 5.56 Å². The van der Waals surface area contributed by atoms with E-state index in [9.17, 15) is 9.18 Å². The van der Waals surface area contributed by atoms with Gasteiger partial charge in [-0.15, -0.1) is 0 Å². The van der Waals surface area contributed by atoms with Gasteiger partial charge < -0.3 is 15.2 Å². The van der Waals surface area contributed by atoms with Gasteiger partial charge >= 0.3 is 5.97 Å². The second kappa shape index (κ2) is 5.82. The number of hydrogen-bond donors (Lipinski definition) is 2. The van der Waals surface area contributed by atoms with Crippen LogP contribution in [0.1, 0.15) is 29.6 Å². The summed E-state index contributed by atoms with van der Waals surface area (Å²) in [5, 5.41) is 12.0. The predicted molar refractivity (Wildman–Crippen MR) is 64.5 cm³/mol. The zero-order valence-electron chi connectivity index (χ0n) is 9.99. The number of halogens is 1. The average molecular weight is 253 g/mol. The Labute approximate surface area is 105 Å². The molecule has 1 aliphatic heterocycles. The van der Waals surface area contributed by atoms with Crippen molar-refractivity contribution in [1.82, 2.24) is 5.32 Å². The Hall–Kier alpha value is -1.62. The summed E-state index contributed by atoms with van der Waals surface area (Å²) in [7, 11) is 0. The Kier molecular flexibility index (Phi) is 4.15. The molecule has 2 rings (SSSR count). The number of aromatic carboxylic acids is 1. The van der Waals surface area contributed by atoms with Crippen LogP contribution in [0.4, 0.5) is 4.39 Å². The fraction of sp³-hybridized carbons (Fsp3) is 0.462. The van der Waals surface area contributed by atoms with Gasteiger partial charge in [0.15, 0.2) is 11.6 Å². The number of benzene rings is 1. The Morgan fingerprint density at radius 2 is 2.33 bits per heavy atom. The second-order valence-corrected chi connectivity index (χ2v) is 4.41. The summed E-state index contributed by atoms with van der Waals surface area (Å²) in [6, 6.07) is 3.93. The molecule has 0 saturated carbocycles. The minimum atomic E-state index is -1.14. The molecule has 1 saturated heterocycles. The van der Waals surface area contributed by atoms with Gasteiger partial charge in [0, 0.05) is 6.04 Å². The highest BCUT2D eigenvalue weighted by atomic mass is 19.1. The van der Waals surface area contributed by atoms with Crippen LogP contribution in [-0.2, 0) is 0 Å². The van der Waals surface area contributed by atoms with E-state index in [1.54, 1.807) is 0 Å². The normalized spacial score (nSPS) is 19.5. The first-order chi connectivity index (χ1) is 8.66. The van der Waals surface area contributed by atoms with Crippen molar-refractivity contribution in [3.8, 4) is 5.75 Å². The Bertz CT molecular complexity index is 430. The van der Waals surface area contributed by atoms with Crippen LogP contribution in [0.3, 0.4) is 0 Å². The number of nitrogens with one attached hydrogen (secondary N) is 1.